The lowest BCUT2D eigenvalue weighted by atomic mass is 10.1. The molecule has 0 spiro atoms. The summed E-state index contributed by atoms with van der Waals surface area (Å²) in [5, 5.41) is 11.5. The minimum Gasteiger partial charge on any atom is -0.485 e. The second kappa shape index (κ2) is 9.52. The van der Waals surface area contributed by atoms with Gasteiger partial charge in [0.25, 0.3) is 0 Å². The van der Waals surface area contributed by atoms with Gasteiger partial charge < -0.3 is 9.64 Å². The fraction of sp³-hybridized carbons (Fsp3) is 0.318. The van der Waals surface area contributed by atoms with E-state index in [0.29, 0.717) is 10.6 Å². The van der Waals surface area contributed by atoms with Gasteiger partial charge in [0, 0.05) is 18.8 Å². The molecule has 6 nitrogen and oxygen atoms in total. The largest absolute Gasteiger partial charge is 0.485 e. The van der Waals surface area contributed by atoms with Crippen LogP contribution in [0.2, 0.25) is 0 Å². The first-order valence-corrected chi connectivity index (χ1v) is 10.2. The summed E-state index contributed by atoms with van der Waals surface area (Å²) in [7, 11) is 0. The molecule has 0 aliphatic carbocycles. The summed E-state index contributed by atoms with van der Waals surface area (Å²) in [5.41, 5.74) is 4.48. The van der Waals surface area contributed by atoms with Crippen molar-refractivity contribution < 1.29 is 4.74 Å². The molecule has 3 aromatic rings. The molecule has 1 N–H and O–H groups in total. The Labute approximate surface area is 176 Å². The fourth-order valence-electron chi connectivity index (χ4n) is 3.12. The number of nitrogens with zero attached hydrogens (tertiary/aromatic N) is 4. The van der Waals surface area contributed by atoms with Crippen molar-refractivity contribution in [1.29, 1.82) is 0 Å². The molecule has 1 aromatic heterocycles. The highest BCUT2D eigenvalue weighted by Crippen LogP contribution is 2.20. The van der Waals surface area contributed by atoms with E-state index in [1.165, 1.54) is 11.3 Å². The monoisotopic (exact) mass is 409 g/mol. The predicted molar refractivity (Wildman–Crippen MR) is 121 cm³/mol. The number of rotatable bonds is 8. The Morgan fingerprint density at radius 3 is 2.52 bits per heavy atom. The van der Waals surface area contributed by atoms with Crippen molar-refractivity contribution >= 4 is 24.1 Å². The zero-order valence-corrected chi connectivity index (χ0v) is 18.2. The van der Waals surface area contributed by atoms with Gasteiger partial charge in [-0.3, -0.25) is 0 Å². The van der Waals surface area contributed by atoms with Crippen LogP contribution in [0, 0.1) is 18.6 Å². The summed E-state index contributed by atoms with van der Waals surface area (Å²) < 4.78 is 7.95. The van der Waals surface area contributed by atoms with Crippen molar-refractivity contribution in [3.63, 3.8) is 0 Å². The van der Waals surface area contributed by atoms with E-state index in [9.17, 15) is 0 Å². The SMILES string of the molecule is CCN(CC)c1ccc(/C=N\n2c(COc3ccc(C)cc3C)n[nH]c2=S)cc1. The van der Waals surface area contributed by atoms with Crippen LogP contribution in [0.4, 0.5) is 5.69 Å². The molecule has 29 heavy (non-hydrogen) atoms. The molecule has 0 fully saturated rings. The number of hydrogen-bond donors (Lipinski definition) is 1. The fourth-order valence-corrected chi connectivity index (χ4v) is 3.32. The first kappa shape index (κ1) is 20.8. The summed E-state index contributed by atoms with van der Waals surface area (Å²) in [6, 6.07) is 14.4. The van der Waals surface area contributed by atoms with E-state index in [1.54, 1.807) is 10.9 Å². The van der Waals surface area contributed by atoms with Gasteiger partial charge >= 0.3 is 0 Å². The third-order valence-electron chi connectivity index (χ3n) is 4.75. The van der Waals surface area contributed by atoms with Crippen LogP contribution in [-0.2, 0) is 6.61 Å². The smallest absolute Gasteiger partial charge is 0.216 e. The molecule has 0 saturated carbocycles. The van der Waals surface area contributed by atoms with Gasteiger partial charge in [-0.05, 0) is 69.2 Å². The highest BCUT2D eigenvalue weighted by atomic mass is 32.1. The average molecular weight is 410 g/mol. The maximum atomic E-state index is 5.92. The second-order valence-corrected chi connectivity index (χ2v) is 7.21. The van der Waals surface area contributed by atoms with E-state index in [1.807, 2.05) is 31.2 Å². The van der Waals surface area contributed by atoms with Gasteiger partial charge in [-0.25, -0.2) is 5.10 Å². The maximum absolute atomic E-state index is 5.92. The Balaban J connectivity index is 1.73. The van der Waals surface area contributed by atoms with Crippen LogP contribution in [0.15, 0.2) is 47.6 Å². The standard InChI is InChI=1S/C22H27N5OS/c1-5-26(6-2)19-10-8-18(9-11-19)14-23-27-21(24-25-22(27)29)15-28-20-12-7-16(3)13-17(20)4/h7-14H,5-6,15H2,1-4H3,(H,25,29)/b23-14-. The number of hydrogen-bond acceptors (Lipinski definition) is 5. The summed E-state index contributed by atoms with van der Waals surface area (Å²) >= 11 is 5.32. The summed E-state index contributed by atoms with van der Waals surface area (Å²) in [4.78, 5) is 2.30. The van der Waals surface area contributed by atoms with Crippen LogP contribution in [0.25, 0.3) is 0 Å². The van der Waals surface area contributed by atoms with E-state index in [2.05, 4.69) is 59.2 Å². The Morgan fingerprint density at radius 2 is 1.86 bits per heavy atom. The molecule has 0 saturated heterocycles. The lowest BCUT2D eigenvalue weighted by Crippen LogP contribution is -2.21. The van der Waals surface area contributed by atoms with E-state index in [4.69, 9.17) is 17.0 Å². The molecule has 0 radical (unpaired) electrons. The van der Waals surface area contributed by atoms with E-state index in [0.717, 1.165) is 30.0 Å². The zero-order chi connectivity index (χ0) is 20.8. The van der Waals surface area contributed by atoms with E-state index < -0.39 is 0 Å². The molecule has 152 valence electrons. The summed E-state index contributed by atoms with van der Waals surface area (Å²) in [5.74, 6) is 1.44. The molecule has 2 aromatic carbocycles. The van der Waals surface area contributed by atoms with Crippen LogP contribution >= 0.6 is 12.2 Å². The molecular weight excluding hydrogens is 382 g/mol. The lowest BCUT2D eigenvalue weighted by molar-refractivity contribution is 0.288. The number of aryl methyl sites for hydroxylation is 2. The van der Waals surface area contributed by atoms with Crippen LogP contribution in [0.3, 0.4) is 0 Å². The van der Waals surface area contributed by atoms with Gasteiger partial charge in [-0.2, -0.15) is 14.9 Å². The molecular formula is C22H27N5OS. The number of benzene rings is 2. The summed E-state index contributed by atoms with van der Waals surface area (Å²) in [6.07, 6.45) is 1.78. The van der Waals surface area contributed by atoms with E-state index in [-0.39, 0.29) is 6.61 Å². The van der Waals surface area contributed by atoms with Crippen LogP contribution < -0.4 is 9.64 Å². The van der Waals surface area contributed by atoms with Crippen molar-refractivity contribution in [3.05, 3.63) is 69.8 Å². The van der Waals surface area contributed by atoms with Gasteiger partial charge in [0.2, 0.25) is 4.77 Å². The molecule has 7 heteroatoms. The Morgan fingerprint density at radius 1 is 1.14 bits per heavy atom. The predicted octanol–water partition coefficient (Wildman–Crippen LogP) is 4.86. The maximum Gasteiger partial charge on any atom is 0.216 e. The minimum atomic E-state index is 0.273. The third-order valence-corrected chi connectivity index (χ3v) is 5.01. The Hall–Kier alpha value is -2.93. The number of ether oxygens (including phenoxy) is 1. The van der Waals surface area contributed by atoms with Crippen molar-refractivity contribution in [2.75, 3.05) is 18.0 Å². The lowest BCUT2D eigenvalue weighted by Gasteiger charge is -2.20. The molecule has 0 atom stereocenters. The first-order valence-electron chi connectivity index (χ1n) is 9.77. The topological polar surface area (TPSA) is 58.4 Å². The number of H-pyrrole nitrogens is 1. The van der Waals surface area contributed by atoms with Crippen LogP contribution in [0.1, 0.15) is 36.4 Å². The Kier molecular flexibility index (Phi) is 6.82. The molecule has 0 bridgehead atoms. The molecule has 0 aliphatic rings. The quantitative estimate of drug-likeness (QED) is 0.426. The van der Waals surface area contributed by atoms with E-state index >= 15 is 0 Å². The van der Waals surface area contributed by atoms with Crippen molar-refractivity contribution in [2.45, 2.75) is 34.3 Å². The number of nitrogens with one attached hydrogen (secondary N) is 1. The second-order valence-electron chi connectivity index (χ2n) is 6.82. The van der Waals surface area contributed by atoms with Gasteiger partial charge in [0.15, 0.2) is 5.82 Å². The molecule has 3 rings (SSSR count). The van der Waals surface area contributed by atoms with Gasteiger partial charge in [0.05, 0.1) is 6.21 Å². The Bertz CT molecular complexity index is 1030. The van der Waals surface area contributed by atoms with Gasteiger partial charge in [-0.1, -0.05) is 29.8 Å². The third kappa shape index (κ3) is 5.12. The van der Waals surface area contributed by atoms with Crippen LogP contribution in [-0.4, -0.2) is 34.2 Å². The summed E-state index contributed by atoms with van der Waals surface area (Å²) in [6.45, 7) is 10.6. The molecule has 0 aliphatic heterocycles. The minimum absolute atomic E-state index is 0.273. The van der Waals surface area contributed by atoms with Crippen molar-refractivity contribution in [1.82, 2.24) is 14.9 Å². The molecule has 1 heterocycles. The number of aromatic nitrogens is 3. The van der Waals surface area contributed by atoms with Crippen LogP contribution in [0.5, 0.6) is 5.75 Å². The van der Waals surface area contributed by atoms with Crippen molar-refractivity contribution in [3.8, 4) is 5.75 Å². The highest BCUT2D eigenvalue weighted by molar-refractivity contribution is 7.71. The zero-order valence-electron chi connectivity index (χ0n) is 17.3. The highest BCUT2D eigenvalue weighted by Gasteiger charge is 2.08. The normalized spacial score (nSPS) is 11.2. The first-order chi connectivity index (χ1) is 14.0. The number of anilines is 1. The van der Waals surface area contributed by atoms with Gasteiger partial charge in [-0.15, -0.1) is 0 Å². The number of aromatic amines is 1. The average Bonchev–Trinajstić information content (AvgIpc) is 3.07. The van der Waals surface area contributed by atoms with Crippen molar-refractivity contribution in [2.24, 2.45) is 5.10 Å². The molecule has 0 unspecified atom stereocenters. The molecule has 0 amide bonds. The van der Waals surface area contributed by atoms with Gasteiger partial charge in [0.1, 0.15) is 12.4 Å².